The van der Waals surface area contributed by atoms with Crippen LogP contribution in [0.5, 0.6) is 0 Å². The molecule has 0 fully saturated rings. The van der Waals surface area contributed by atoms with E-state index in [0.717, 1.165) is 22.5 Å². The van der Waals surface area contributed by atoms with Crippen LogP contribution >= 0.6 is 0 Å². The Hall–Kier alpha value is -1.72. The van der Waals surface area contributed by atoms with Crippen molar-refractivity contribution in [3.63, 3.8) is 0 Å². The monoisotopic (exact) mass is 231 g/mol. The van der Waals surface area contributed by atoms with Crippen LogP contribution in [0.15, 0.2) is 24.5 Å². The Kier molecular flexibility index (Phi) is 3.21. The van der Waals surface area contributed by atoms with Crippen molar-refractivity contribution in [3.05, 3.63) is 47.0 Å². The first-order chi connectivity index (χ1) is 8.13. The van der Waals surface area contributed by atoms with Crippen molar-refractivity contribution in [1.82, 2.24) is 20.2 Å². The molecule has 0 aromatic carbocycles. The smallest absolute Gasteiger partial charge is 0.0895 e. The summed E-state index contributed by atoms with van der Waals surface area (Å²) in [4.78, 5) is 4.15. The average molecular weight is 231 g/mol. The minimum absolute atomic E-state index is 0.0881. The molecule has 90 valence electrons. The molecule has 2 heterocycles. The molecule has 17 heavy (non-hydrogen) atoms. The van der Waals surface area contributed by atoms with E-state index in [1.54, 1.807) is 6.20 Å². The number of aryl methyl sites for hydroxylation is 3. The predicted octanol–water partition coefficient (Wildman–Crippen LogP) is 0.985. The Morgan fingerprint density at radius 1 is 1.41 bits per heavy atom. The van der Waals surface area contributed by atoms with Crippen LogP contribution in [0.3, 0.4) is 0 Å². The maximum atomic E-state index is 5.66. The zero-order valence-corrected chi connectivity index (χ0v) is 10.3. The molecule has 2 aromatic heterocycles. The molecule has 2 aromatic rings. The fourth-order valence-electron chi connectivity index (χ4n) is 2.01. The SMILES string of the molecule is Cc1cc(C(NN)c2cnccc2C)n(C)n1. The largest absolute Gasteiger partial charge is 0.271 e. The first-order valence-electron chi connectivity index (χ1n) is 5.50. The summed E-state index contributed by atoms with van der Waals surface area (Å²) in [7, 11) is 1.92. The number of nitrogens with two attached hydrogens (primary N) is 1. The van der Waals surface area contributed by atoms with E-state index in [1.165, 1.54) is 0 Å². The standard InChI is InChI=1S/C12H17N5/c1-8-4-5-14-7-10(8)12(15-13)11-6-9(2)16-17(11)3/h4-7,12,15H,13H2,1-3H3. The molecule has 0 spiro atoms. The highest BCUT2D eigenvalue weighted by atomic mass is 15.3. The molecule has 0 saturated carbocycles. The van der Waals surface area contributed by atoms with Crippen LogP contribution in [0.25, 0.3) is 0 Å². The lowest BCUT2D eigenvalue weighted by molar-refractivity contribution is 0.571. The Bertz CT molecular complexity index is 517. The second-order valence-corrected chi connectivity index (χ2v) is 4.17. The molecule has 0 aliphatic heterocycles. The molecule has 2 rings (SSSR count). The first-order valence-corrected chi connectivity index (χ1v) is 5.50. The third kappa shape index (κ3) is 2.20. The fourth-order valence-corrected chi connectivity index (χ4v) is 2.01. The van der Waals surface area contributed by atoms with Crippen LogP contribution < -0.4 is 11.3 Å². The summed E-state index contributed by atoms with van der Waals surface area (Å²) in [6, 6.07) is 3.91. The van der Waals surface area contributed by atoms with Crippen molar-refractivity contribution >= 4 is 0 Å². The van der Waals surface area contributed by atoms with E-state index in [0.29, 0.717) is 0 Å². The number of hydrazine groups is 1. The minimum atomic E-state index is -0.0881. The van der Waals surface area contributed by atoms with Crippen molar-refractivity contribution in [2.24, 2.45) is 12.9 Å². The maximum Gasteiger partial charge on any atom is 0.0895 e. The number of hydrogen-bond donors (Lipinski definition) is 2. The van der Waals surface area contributed by atoms with Gasteiger partial charge in [0.1, 0.15) is 0 Å². The molecule has 0 amide bonds. The Morgan fingerprint density at radius 2 is 2.18 bits per heavy atom. The van der Waals surface area contributed by atoms with Crippen molar-refractivity contribution in [2.45, 2.75) is 19.9 Å². The molecule has 3 N–H and O–H groups in total. The summed E-state index contributed by atoms with van der Waals surface area (Å²) >= 11 is 0. The van der Waals surface area contributed by atoms with Crippen LogP contribution in [-0.2, 0) is 7.05 Å². The fraction of sp³-hybridized carbons (Fsp3) is 0.333. The van der Waals surface area contributed by atoms with E-state index in [4.69, 9.17) is 5.84 Å². The highest BCUT2D eigenvalue weighted by molar-refractivity contribution is 5.32. The molecular formula is C12H17N5. The van der Waals surface area contributed by atoms with E-state index in [-0.39, 0.29) is 6.04 Å². The van der Waals surface area contributed by atoms with Crippen LogP contribution in [0.1, 0.15) is 28.6 Å². The molecule has 0 radical (unpaired) electrons. The lowest BCUT2D eigenvalue weighted by Crippen LogP contribution is -2.31. The average Bonchev–Trinajstić information content (AvgIpc) is 2.62. The summed E-state index contributed by atoms with van der Waals surface area (Å²) in [5.41, 5.74) is 7.06. The number of nitrogens with zero attached hydrogens (tertiary/aromatic N) is 3. The van der Waals surface area contributed by atoms with Crippen molar-refractivity contribution in [1.29, 1.82) is 0 Å². The van der Waals surface area contributed by atoms with Gasteiger partial charge in [0.25, 0.3) is 0 Å². The topological polar surface area (TPSA) is 68.8 Å². The van der Waals surface area contributed by atoms with Crippen LogP contribution in [-0.4, -0.2) is 14.8 Å². The molecule has 0 aliphatic rings. The van der Waals surface area contributed by atoms with Gasteiger partial charge >= 0.3 is 0 Å². The zero-order valence-electron chi connectivity index (χ0n) is 10.3. The van der Waals surface area contributed by atoms with E-state index in [9.17, 15) is 0 Å². The van der Waals surface area contributed by atoms with Gasteiger partial charge in [0, 0.05) is 19.4 Å². The zero-order chi connectivity index (χ0) is 12.4. The minimum Gasteiger partial charge on any atom is -0.271 e. The Labute approximate surface area is 101 Å². The van der Waals surface area contributed by atoms with E-state index < -0.39 is 0 Å². The van der Waals surface area contributed by atoms with Gasteiger partial charge in [0.05, 0.1) is 17.4 Å². The third-order valence-electron chi connectivity index (χ3n) is 2.89. The van der Waals surface area contributed by atoms with Gasteiger partial charge in [-0.05, 0) is 37.1 Å². The second-order valence-electron chi connectivity index (χ2n) is 4.17. The van der Waals surface area contributed by atoms with Crippen LogP contribution in [0, 0.1) is 13.8 Å². The maximum absolute atomic E-state index is 5.66. The highest BCUT2D eigenvalue weighted by Gasteiger charge is 2.18. The normalized spacial score (nSPS) is 12.7. The summed E-state index contributed by atoms with van der Waals surface area (Å²) in [6.07, 6.45) is 3.61. The van der Waals surface area contributed by atoms with Crippen molar-refractivity contribution in [2.75, 3.05) is 0 Å². The number of hydrogen-bond acceptors (Lipinski definition) is 4. The molecule has 0 bridgehead atoms. The third-order valence-corrected chi connectivity index (χ3v) is 2.89. The number of rotatable bonds is 3. The van der Waals surface area contributed by atoms with Crippen molar-refractivity contribution < 1.29 is 0 Å². The van der Waals surface area contributed by atoms with E-state index in [1.807, 2.05) is 43.9 Å². The highest BCUT2D eigenvalue weighted by Crippen LogP contribution is 2.23. The summed E-state index contributed by atoms with van der Waals surface area (Å²) < 4.78 is 1.84. The predicted molar refractivity (Wildman–Crippen MR) is 66.1 cm³/mol. The quantitative estimate of drug-likeness (QED) is 0.610. The van der Waals surface area contributed by atoms with Gasteiger partial charge in [0.2, 0.25) is 0 Å². The summed E-state index contributed by atoms with van der Waals surface area (Å²) in [5.74, 6) is 5.66. The molecule has 1 atom stereocenters. The van der Waals surface area contributed by atoms with E-state index >= 15 is 0 Å². The van der Waals surface area contributed by atoms with Gasteiger partial charge in [-0.25, -0.2) is 5.43 Å². The number of pyridine rings is 1. The molecule has 5 nitrogen and oxygen atoms in total. The number of nitrogens with one attached hydrogen (secondary N) is 1. The van der Waals surface area contributed by atoms with Gasteiger partial charge in [-0.2, -0.15) is 5.10 Å². The Morgan fingerprint density at radius 3 is 2.71 bits per heavy atom. The van der Waals surface area contributed by atoms with Gasteiger partial charge < -0.3 is 0 Å². The molecule has 5 heteroatoms. The lowest BCUT2D eigenvalue weighted by Gasteiger charge is -2.18. The molecule has 0 saturated heterocycles. The number of aromatic nitrogens is 3. The summed E-state index contributed by atoms with van der Waals surface area (Å²) in [6.45, 7) is 4.01. The van der Waals surface area contributed by atoms with Crippen molar-refractivity contribution in [3.8, 4) is 0 Å². The van der Waals surface area contributed by atoms with Crippen LogP contribution in [0.4, 0.5) is 0 Å². The van der Waals surface area contributed by atoms with Gasteiger partial charge in [-0.15, -0.1) is 0 Å². The van der Waals surface area contributed by atoms with Crippen LogP contribution in [0.2, 0.25) is 0 Å². The second kappa shape index (κ2) is 4.65. The molecular weight excluding hydrogens is 214 g/mol. The summed E-state index contributed by atoms with van der Waals surface area (Å²) in [5, 5.41) is 4.34. The molecule has 0 aliphatic carbocycles. The van der Waals surface area contributed by atoms with E-state index in [2.05, 4.69) is 15.5 Å². The lowest BCUT2D eigenvalue weighted by atomic mass is 10.0. The van der Waals surface area contributed by atoms with Gasteiger partial charge in [0.15, 0.2) is 0 Å². The molecule has 1 unspecified atom stereocenters. The van der Waals surface area contributed by atoms with Gasteiger partial charge in [-0.1, -0.05) is 0 Å². The van der Waals surface area contributed by atoms with Gasteiger partial charge in [-0.3, -0.25) is 15.5 Å². The first kappa shape index (κ1) is 11.8. The Balaban J connectivity index is 2.47.